The highest BCUT2D eigenvalue weighted by atomic mass is 32.2. The fourth-order valence-electron chi connectivity index (χ4n) is 3.76. The summed E-state index contributed by atoms with van der Waals surface area (Å²) in [5.41, 5.74) is 4.66. The molecule has 4 rings (SSSR count). The number of aromatic nitrogens is 3. The van der Waals surface area contributed by atoms with Crippen molar-refractivity contribution in [3.05, 3.63) is 71.5 Å². The molecular formula is C23H27N5OS. The van der Waals surface area contributed by atoms with Gasteiger partial charge in [-0.25, -0.2) is 0 Å². The first-order valence-corrected chi connectivity index (χ1v) is 11.1. The summed E-state index contributed by atoms with van der Waals surface area (Å²) in [5.74, 6) is 0.480. The Labute approximate surface area is 181 Å². The van der Waals surface area contributed by atoms with Gasteiger partial charge in [0.05, 0.1) is 11.8 Å². The lowest BCUT2D eigenvalue weighted by Crippen LogP contribution is -2.49. The van der Waals surface area contributed by atoms with Gasteiger partial charge in [0.25, 0.3) is 0 Å². The van der Waals surface area contributed by atoms with Crippen LogP contribution in [0.4, 0.5) is 0 Å². The lowest BCUT2D eigenvalue weighted by atomic mass is 10.0. The Morgan fingerprint density at radius 1 is 1.10 bits per heavy atom. The van der Waals surface area contributed by atoms with Crippen molar-refractivity contribution < 1.29 is 4.79 Å². The van der Waals surface area contributed by atoms with E-state index in [0.717, 1.165) is 30.5 Å². The monoisotopic (exact) mass is 421 g/mol. The van der Waals surface area contributed by atoms with Gasteiger partial charge in [-0.05, 0) is 49.7 Å². The van der Waals surface area contributed by atoms with E-state index >= 15 is 0 Å². The minimum Gasteiger partial charge on any atom is -0.332 e. The minimum atomic E-state index is 0.0793. The highest BCUT2D eigenvalue weighted by Gasteiger charge is 2.30. The Morgan fingerprint density at radius 2 is 1.90 bits per heavy atom. The predicted molar refractivity (Wildman–Crippen MR) is 120 cm³/mol. The van der Waals surface area contributed by atoms with Crippen LogP contribution in [-0.4, -0.2) is 62.9 Å². The number of aryl methyl sites for hydroxylation is 2. The molecule has 2 heterocycles. The summed E-state index contributed by atoms with van der Waals surface area (Å²) >= 11 is 1.44. The van der Waals surface area contributed by atoms with E-state index in [4.69, 9.17) is 0 Å². The Kier molecular flexibility index (Phi) is 6.20. The molecule has 1 amide bonds. The Morgan fingerprint density at radius 3 is 2.67 bits per heavy atom. The number of benzene rings is 2. The van der Waals surface area contributed by atoms with Crippen molar-refractivity contribution in [2.45, 2.75) is 25.0 Å². The molecule has 1 aliphatic heterocycles. The molecule has 30 heavy (non-hydrogen) atoms. The van der Waals surface area contributed by atoms with Crippen molar-refractivity contribution in [3.8, 4) is 5.69 Å². The van der Waals surface area contributed by atoms with Crippen molar-refractivity contribution in [3.63, 3.8) is 0 Å². The van der Waals surface area contributed by atoms with Gasteiger partial charge in [0.2, 0.25) is 5.91 Å². The molecule has 0 spiro atoms. The number of thioether (sulfide) groups is 1. The second-order valence-electron chi connectivity index (χ2n) is 7.82. The van der Waals surface area contributed by atoms with E-state index in [1.54, 1.807) is 6.33 Å². The van der Waals surface area contributed by atoms with Gasteiger partial charge >= 0.3 is 0 Å². The molecule has 1 aromatic heterocycles. The maximum Gasteiger partial charge on any atom is 0.233 e. The molecule has 0 N–H and O–H groups in total. The van der Waals surface area contributed by atoms with Gasteiger partial charge in [-0.3, -0.25) is 9.36 Å². The summed E-state index contributed by atoms with van der Waals surface area (Å²) in [7, 11) is 2.11. The smallest absolute Gasteiger partial charge is 0.233 e. The number of hydrogen-bond donors (Lipinski definition) is 0. The van der Waals surface area contributed by atoms with E-state index in [-0.39, 0.29) is 11.9 Å². The van der Waals surface area contributed by atoms with Gasteiger partial charge in [-0.1, -0.05) is 48.2 Å². The fourth-order valence-corrected chi connectivity index (χ4v) is 4.58. The molecule has 1 fully saturated rings. The van der Waals surface area contributed by atoms with Crippen LogP contribution in [0.1, 0.15) is 22.7 Å². The number of nitrogens with zero attached hydrogens (tertiary/aromatic N) is 5. The summed E-state index contributed by atoms with van der Waals surface area (Å²) in [6, 6.07) is 16.6. The number of likely N-dealkylation sites (N-methyl/N-ethyl adjacent to an activating group) is 1. The highest BCUT2D eigenvalue weighted by molar-refractivity contribution is 7.99. The molecule has 3 aromatic rings. The molecule has 1 aliphatic rings. The zero-order chi connectivity index (χ0) is 21.1. The van der Waals surface area contributed by atoms with Gasteiger partial charge in [0.1, 0.15) is 6.33 Å². The van der Waals surface area contributed by atoms with Gasteiger partial charge in [-0.15, -0.1) is 10.2 Å². The third kappa shape index (κ3) is 4.42. The predicted octanol–water partition coefficient (Wildman–Crippen LogP) is 3.49. The molecular weight excluding hydrogens is 394 g/mol. The zero-order valence-electron chi connectivity index (χ0n) is 17.7. The van der Waals surface area contributed by atoms with Crippen molar-refractivity contribution in [1.29, 1.82) is 0 Å². The van der Waals surface area contributed by atoms with Crippen LogP contribution in [0.5, 0.6) is 0 Å². The van der Waals surface area contributed by atoms with Gasteiger partial charge in [0.15, 0.2) is 5.16 Å². The standard InChI is InChI=1S/C23H27N5OS/c1-17-9-10-20(13-18(17)2)28-16-24-25-23(28)30-15-22(29)27-12-11-26(3)14-21(27)19-7-5-4-6-8-19/h4-10,13,16,21H,11-12,14-15H2,1-3H3/t21-/m0/s1. The quantitative estimate of drug-likeness (QED) is 0.591. The van der Waals surface area contributed by atoms with Crippen molar-refractivity contribution in [2.24, 2.45) is 0 Å². The first-order chi connectivity index (χ1) is 14.5. The Bertz CT molecular complexity index is 1020. The lowest BCUT2D eigenvalue weighted by Gasteiger charge is -2.40. The SMILES string of the molecule is Cc1ccc(-n2cnnc2SCC(=O)N2CCN(C)C[C@H]2c2ccccc2)cc1C. The van der Waals surface area contributed by atoms with Gasteiger partial charge < -0.3 is 9.80 Å². The van der Waals surface area contributed by atoms with Crippen LogP contribution in [0.3, 0.4) is 0 Å². The molecule has 156 valence electrons. The molecule has 0 unspecified atom stereocenters. The van der Waals surface area contributed by atoms with Crippen molar-refractivity contribution in [1.82, 2.24) is 24.6 Å². The van der Waals surface area contributed by atoms with E-state index in [0.29, 0.717) is 5.75 Å². The summed E-state index contributed by atoms with van der Waals surface area (Å²) in [6.45, 7) is 6.66. The summed E-state index contributed by atoms with van der Waals surface area (Å²) in [6.07, 6.45) is 1.71. The number of piperazine rings is 1. The molecule has 0 saturated carbocycles. The zero-order valence-corrected chi connectivity index (χ0v) is 18.5. The van der Waals surface area contributed by atoms with Crippen molar-refractivity contribution in [2.75, 3.05) is 32.4 Å². The minimum absolute atomic E-state index is 0.0793. The average Bonchev–Trinajstić information content (AvgIpc) is 3.23. The number of carbonyl (C=O) groups is 1. The third-order valence-electron chi connectivity index (χ3n) is 5.70. The Hall–Kier alpha value is -2.64. The number of hydrogen-bond acceptors (Lipinski definition) is 5. The van der Waals surface area contributed by atoms with E-state index in [9.17, 15) is 4.79 Å². The first kappa shape index (κ1) is 20.6. The molecule has 1 saturated heterocycles. The molecule has 6 nitrogen and oxygen atoms in total. The number of carbonyl (C=O) groups excluding carboxylic acids is 1. The van der Waals surface area contributed by atoms with E-state index in [1.807, 2.05) is 27.7 Å². The summed E-state index contributed by atoms with van der Waals surface area (Å²) in [4.78, 5) is 17.5. The highest BCUT2D eigenvalue weighted by Crippen LogP contribution is 2.27. The Balaban J connectivity index is 1.48. The van der Waals surface area contributed by atoms with E-state index in [1.165, 1.54) is 28.5 Å². The van der Waals surface area contributed by atoms with Crippen LogP contribution in [0.2, 0.25) is 0 Å². The van der Waals surface area contributed by atoms with Crippen LogP contribution in [0.25, 0.3) is 5.69 Å². The van der Waals surface area contributed by atoms with Crippen LogP contribution in [-0.2, 0) is 4.79 Å². The van der Waals surface area contributed by atoms with Crippen LogP contribution in [0, 0.1) is 13.8 Å². The van der Waals surface area contributed by atoms with Gasteiger partial charge in [-0.2, -0.15) is 0 Å². The van der Waals surface area contributed by atoms with Crippen molar-refractivity contribution >= 4 is 17.7 Å². The topological polar surface area (TPSA) is 54.3 Å². The van der Waals surface area contributed by atoms with E-state index < -0.39 is 0 Å². The average molecular weight is 422 g/mol. The molecule has 1 atom stereocenters. The van der Waals surface area contributed by atoms with Crippen LogP contribution >= 0.6 is 11.8 Å². The number of rotatable bonds is 5. The normalized spacial score (nSPS) is 17.3. The maximum atomic E-state index is 13.2. The fraction of sp³-hybridized carbons (Fsp3) is 0.348. The third-order valence-corrected chi connectivity index (χ3v) is 6.63. The van der Waals surface area contributed by atoms with Crippen LogP contribution in [0.15, 0.2) is 60.0 Å². The first-order valence-electron chi connectivity index (χ1n) is 10.2. The largest absolute Gasteiger partial charge is 0.332 e. The molecule has 0 aliphatic carbocycles. The molecule has 0 bridgehead atoms. The maximum absolute atomic E-state index is 13.2. The second-order valence-corrected chi connectivity index (χ2v) is 8.76. The van der Waals surface area contributed by atoms with Gasteiger partial charge in [0, 0.05) is 25.3 Å². The summed E-state index contributed by atoms with van der Waals surface area (Å²) < 4.78 is 1.95. The molecule has 0 radical (unpaired) electrons. The summed E-state index contributed by atoms with van der Waals surface area (Å²) in [5, 5.41) is 9.06. The molecule has 7 heteroatoms. The second kappa shape index (κ2) is 9.02. The lowest BCUT2D eigenvalue weighted by molar-refractivity contribution is -0.133. The number of amides is 1. The van der Waals surface area contributed by atoms with E-state index in [2.05, 4.69) is 66.3 Å². The van der Waals surface area contributed by atoms with Crippen LogP contribution < -0.4 is 0 Å². The molecule has 2 aromatic carbocycles.